The highest BCUT2D eigenvalue weighted by atomic mass is 32.2. The standard InChI is InChI=1S/C20H18N4O7S3.H2O/c1-3-31-17(28)14(15-16(27)24(8-13(25)26)20(32)34-15)11-9-33-19(22-11)23-18(29)21-10-6-4-5-7-12(10)30-2;/h4-7,9H,3,8H2,1-2H3,(H,25,26)(H2,21,22,23,29);1H2. The molecule has 1 saturated heterocycles. The molecule has 0 atom stereocenters. The zero-order valence-electron chi connectivity index (χ0n) is 18.3. The summed E-state index contributed by atoms with van der Waals surface area (Å²) in [6.07, 6.45) is 0. The average molecular weight is 541 g/mol. The van der Waals surface area contributed by atoms with Gasteiger partial charge in [0.1, 0.15) is 22.2 Å². The molecule has 1 aliphatic rings. The molecule has 3 amide bonds. The van der Waals surface area contributed by atoms with Crippen LogP contribution in [-0.4, -0.2) is 68.9 Å². The lowest BCUT2D eigenvalue weighted by molar-refractivity contribution is -0.140. The van der Waals surface area contributed by atoms with E-state index in [1.807, 2.05) is 0 Å². The van der Waals surface area contributed by atoms with Gasteiger partial charge >= 0.3 is 18.0 Å². The molecule has 1 fully saturated rings. The summed E-state index contributed by atoms with van der Waals surface area (Å²) in [6, 6.07) is 6.22. The number of methoxy groups -OCH3 is 1. The summed E-state index contributed by atoms with van der Waals surface area (Å²) in [5.74, 6) is -2.35. The number of hydrogen-bond acceptors (Lipinski definition) is 10. The SMILES string of the molecule is CCOC(=O)C(=C1SC(=S)N(CC(=O)O)C1=O)c1csc(NC(=O)Nc2ccccc2OC)n1.O. The number of anilines is 2. The number of para-hydroxylation sites is 2. The van der Waals surface area contributed by atoms with Crippen LogP contribution in [0, 0.1) is 0 Å². The van der Waals surface area contributed by atoms with Gasteiger partial charge in [-0.1, -0.05) is 36.1 Å². The Labute approximate surface area is 212 Å². The molecule has 1 aromatic carbocycles. The third-order valence-electron chi connectivity index (χ3n) is 4.19. The van der Waals surface area contributed by atoms with Crippen LogP contribution >= 0.6 is 35.3 Å². The molecule has 0 bridgehead atoms. The van der Waals surface area contributed by atoms with Gasteiger partial charge in [-0.3, -0.25) is 19.8 Å². The lowest BCUT2D eigenvalue weighted by atomic mass is 10.2. The number of carbonyl (C=O) groups is 4. The van der Waals surface area contributed by atoms with Gasteiger partial charge in [0, 0.05) is 5.38 Å². The highest BCUT2D eigenvalue weighted by molar-refractivity contribution is 8.26. The summed E-state index contributed by atoms with van der Waals surface area (Å²) in [5.41, 5.74) is 0.349. The molecule has 0 aliphatic carbocycles. The van der Waals surface area contributed by atoms with Gasteiger partial charge in [-0.05, 0) is 19.1 Å². The van der Waals surface area contributed by atoms with Crippen LogP contribution in [0.5, 0.6) is 5.75 Å². The van der Waals surface area contributed by atoms with Crippen molar-refractivity contribution in [2.45, 2.75) is 6.92 Å². The number of thioether (sulfide) groups is 1. The third-order valence-corrected chi connectivity index (χ3v) is 6.39. The molecule has 2 heterocycles. The number of carboxylic acids is 1. The normalized spacial score (nSPS) is 14.2. The number of aromatic nitrogens is 1. The van der Waals surface area contributed by atoms with Crippen LogP contribution in [0.15, 0.2) is 34.6 Å². The van der Waals surface area contributed by atoms with Crippen LogP contribution in [0.3, 0.4) is 0 Å². The summed E-state index contributed by atoms with van der Waals surface area (Å²) >= 11 is 6.90. The Bertz CT molecular complexity index is 1200. The first-order chi connectivity index (χ1) is 16.2. The van der Waals surface area contributed by atoms with E-state index in [0.29, 0.717) is 11.4 Å². The molecule has 0 radical (unpaired) electrons. The first kappa shape index (κ1) is 27.7. The van der Waals surface area contributed by atoms with E-state index in [1.54, 1.807) is 31.2 Å². The highest BCUT2D eigenvalue weighted by Gasteiger charge is 2.38. The number of urea groups is 1. The second-order valence-electron chi connectivity index (χ2n) is 6.39. The highest BCUT2D eigenvalue weighted by Crippen LogP contribution is 2.38. The molecule has 3 rings (SSSR count). The van der Waals surface area contributed by atoms with Crippen LogP contribution in [0.25, 0.3) is 5.57 Å². The van der Waals surface area contributed by atoms with Gasteiger partial charge in [-0.2, -0.15) is 0 Å². The molecule has 0 unspecified atom stereocenters. The van der Waals surface area contributed by atoms with E-state index in [9.17, 15) is 19.2 Å². The number of aliphatic carboxylic acids is 1. The maximum absolute atomic E-state index is 12.8. The van der Waals surface area contributed by atoms with Crippen LogP contribution < -0.4 is 15.4 Å². The molecule has 0 saturated carbocycles. The monoisotopic (exact) mass is 540 g/mol. The third kappa shape index (κ3) is 6.54. The number of thiocarbonyl (C=S) groups is 1. The predicted octanol–water partition coefficient (Wildman–Crippen LogP) is 2.19. The second-order valence-corrected chi connectivity index (χ2v) is 8.90. The first-order valence-electron chi connectivity index (χ1n) is 9.58. The van der Waals surface area contributed by atoms with Gasteiger partial charge in [0.25, 0.3) is 5.91 Å². The van der Waals surface area contributed by atoms with Gasteiger partial charge in [-0.15, -0.1) is 11.3 Å². The van der Waals surface area contributed by atoms with Crippen molar-refractivity contribution < 1.29 is 39.2 Å². The number of benzene rings is 1. The fraction of sp³-hybridized carbons (Fsp3) is 0.200. The number of nitrogens with zero attached hydrogens (tertiary/aromatic N) is 2. The number of nitrogens with one attached hydrogen (secondary N) is 2. The Morgan fingerprint density at radius 1 is 1.23 bits per heavy atom. The number of thiazole rings is 1. The Kier molecular flexibility index (Phi) is 9.70. The minimum atomic E-state index is -1.25. The number of carboxylic acid groups (broad SMARTS) is 1. The van der Waals surface area contributed by atoms with Crippen LogP contribution in [0.4, 0.5) is 15.6 Å². The van der Waals surface area contributed by atoms with E-state index in [4.69, 9.17) is 26.8 Å². The minimum Gasteiger partial charge on any atom is -0.495 e. The number of amides is 3. The van der Waals surface area contributed by atoms with E-state index in [0.717, 1.165) is 28.0 Å². The molecule has 15 heteroatoms. The lowest BCUT2D eigenvalue weighted by Gasteiger charge is -2.11. The van der Waals surface area contributed by atoms with Crippen molar-refractivity contribution in [3.63, 3.8) is 0 Å². The zero-order chi connectivity index (χ0) is 24.8. The smallest absolute Gasteiger partial charge is 0.341 e. The van der Waals surface area contributed by atoms with Gasteiger partial charge in [0.15, 0.2) is 5.13 Å². The van der Waals surface area contributed by atoms with E-state index in [2.05, 4.69) is 15.6 Å². The van der Waals surface area contributed by atoms with Crippen LogP contribution in [0.1, 0.15) is 12.6 Å². The first-order valence-corrected chi connectivity index (χ1v) is 11.7. The van der Waals surface area contributed by atoms with Crippen LogP contribution in [0.2, 0.25) is 0 Å². The Morgan fingerprint density at radius 3 is 2.60 bits per heavy atom. The van der Waals surface area contributed by atoms with Crippen molar-refractivity contribution in [1.82, 2.24) is 9.88 Å². The van der Waals surface area contributed by atoms with Crippen LogP contribution in [-0.2, 0) is 19.1 Å². The number of esters is 1. The quantitative estimate of drug-likeness (QED) is 0.255. The lowest BCUT2D eigenvalue weighted by Crippen LogP contribution is -2.33. The number of ether oxygens (including phenoxy) is 2. The Hall–Kier alpha value is -3.53. The molecule has 12 nitrogen and oxygen atoms in total. The summed E-state index contributed by atoms with van der Waals surface area (Å²) in [6.45, 7) is 0.993. The van der Waals surface area contributed by atoms with Crippen molar-refractivity contribution in [1.29, 1.82) is 0 Å². The molecular weight excluding hydrogens is 520 g/mol. The molecule has 186 valence electrons. The number of carbonyl (C=O) groups excluding carboxylic acids is 3. The van der Waals surface area contributed by atoms with E-state index >= 15 is 0 Å². The van der Waals surface area contributed by atoms with Gasteiger partial charge in [0.05, 0.1) is 30.0 Å². The summed E-state index contributed by atoms with van der Waals surface area (Å²) < 4.78 is 10.3. The van der Waals surface area contributed by atoms with Crippen molar-refractivity contribution in [3.8, 4) is 5.75 Å². The zero-order valence-corrected chi connectivity index (χ0v) is 20.8. The molecule has 35 heavy (non-hydrogen) atoms. The number of hydrogen-bond donors (Lipinski definition) is 3. The fourth-order valence-electron chi connectivity index (χ4n) is 2.78. The minimum absolute atomic E-state index is 0. The molecule has 0 spiro atoms. The summed E-state index contributed by atoms with van der Waals surface area (Å²) in [5, 5.41) is 15.8. The number of rotatable bonds is 8. The maximum Gasteiger partial charge on any atom is 0.341 e. The predicted molar refractivity (Wildman–Crippen MR) is 134 cm³/mol. The van der Waals surface area contributed by atoms with Gasteiger partial charge < -0.3 is 25.4 Å². The molecule has 2 aromatic rings. The van der Waals surface area contributed by atoms with Crippen molar-refractivity contribution in [3.05, 3.63) is 40.2 Å². The van der Waals surface area contributed by atoms with Gasteiger partial charge in [0.2, 0.25) is 0 Å². The van der Waals surface area contributed by atoms with Crippen molar-refractivity contribution in [2.24, 2.45) is 0 Å². The molecule has 1 aliphatic heterocycles. The topological polar surface area (TPSA) is 179 Å². The van der Waals surface area contributed by atoms with E-state index in [1.165, 1.54) is 12.5 Å². The van der Waals surface area contributed by atoms with Crippen molar-refractivity contribution >= 4 is 79.9 Å². The summed E-state index contributed by atoms with van der Waals surface area (Å²) in [4.78, 5) is 54.0. The largest absolute Gasteiger partial charge is 0.495 e. The molecule has 1 aromatic heterocycles. The Morgan fingerprint density at radius 2 is 1.94 bits per heavy atom. The van der Waals surface area contributed by atoms with E-state index < -0.39 is 30.4 Å². The second kappa shape index (κ2) is 12.3. The average Bonchev–Trinajstić information content (AvgIpc) is 3.34. The Balaban J connectivity index is 0.00000432. The molecule has 5 N–H and O–H groups in total. The fourth-order valence-corrected chi connectivity index (χ4v) is 4.80. The molecular formula is C20H20N4O8S3. The summed E-state index contributed by atoms with van der Waals surface area (Å²) in [7, 11) is 1.47. The van der Waals surface area contributed by atoms with Crippen molar-refractivity contribution in [2.75, 3.05) is 30.9 Å². The van der Waals surface area contributed by atoms with Gasteiger partial charge in [-0.25, -0.2) is 14.6 Å². The van der Waals surface area contributed by atoms with E-state index in [-0.39, 0.29) is 37.7 Å². The maximum atomic E-state index is 12.8.